The number of hydrogen-bond acceptors (Lipinski definition) is 6. The molecule has 2 aromatic rings. The van der Waals surface area contributed by atoms with Crippen LogP contribution in [0.1, 0.15) is 10.4 Å². The largest absolute Gasteiger partial charge is 0.507 e. The van der Waals surface area contributed by atoms with Crippen LogP contribution >= 0.6 is 15.9 Å². The molecule has 0 aromatic heterocycles. The van der Waals surface area contributed by atoms with Gasteiger partial charge in [0.25, 0.3) is 5.91 Å². The lowest BCUT2D eigenvalue weighted by Gasteiger charge is -2.24. The fourth-order valence-electron chi connectivity index (χ4n) is 3.64. The number of carbonyl (C=O) groups is 2. The Labute approximate surface area is 191 Å². The number of amides is 2. The third-order valence-electron chi connectivity index (χ3n) is 5.22. The number of para-hydroxylation sites is 1. The van der Waals surface area contributed by atoms with Crippen molar-refractivity contribution >= 4 is 39.3 Å². The van der Waals surface area contributed by atoms with Crippen molar-refractivity contribution in [2.45, 2.75) is 6.10 Å². The maximum absolute atomic E-state index is 14.9. The number of anilines is 2. The molecular formula is C21H20BrF2N3O5. The van der Waals surface area contributed by atoms with Gasteiger partial charge < -0.3 is 14.7 Å². The van der Waals surface area contributed by atoms with Crippen molar-refractivity contribution in [3.63, 3.8) is 0 Å². The number of benzene rings is 2. The maximum atomic E-state index is 14.9. The van der Waals surface area contributed by atoms with Gasteiger partial charge in [-0.1, -0.05) is 28.1 Å². The second-order valence-electron chi connectivity index (χ2n) is 7.27. The fourth-order valence-corrected chi connectivity index (χ4v) is 3.98. The number of carbonyl (C=O) groups excluding carboxylic acids is 2. The van der Waals surface area contributed by atoms with Crippen LogP contribution in [0.4, 0.5) is 25.0 Å². The molecule has 0 saturated carbocycles. The highest BCUT2D eigenvalue weighted by Crippen LogP contribution is 2.31. The van der Waals surface area contributed by atoms with E-state index in [9.17, 15) is 23.5 Å². The monoisotopic (exact) mass is 511 g/mol. The number of phenols is 1. The molecule has 0 unspecified atom stereocenters. The van der Waals surface area contributed by atoms with Gasteiger partial charge >= 0.3 is 6.09 Å². The summed E-state index contributed by atoms with van der Waals surface area (Å²) in [6, 6.07) is 8.24. The smallest absolute Gasteiger partial charge is 0.414 e. The van der Waals surface area contributed by atoms with Gasteiger partial charge in [-0.2, -0.15) is 0 Å². The van der Waals surface area contributed by atoms with Gasteiger partial charge in [0.15, 0.2) is 11.6 Å². The minimum atomic E-state index is -0.837. The molecule has 8 nitrogen and oxygen atoms in total. The van der Waals surface area contributed by atoms with Crippen LogP contribution in [0.3, 0.4) is 0 Å². The summed E-state index contributed by atoms with van der Waals surface area (Å²) in [5.74, 6) is -2.40. The SMILES string of the molecule is O=C(c1ccccc1O)N1CCN(c2c(F)cc(N3C[C@H](CBr)OC3=O)cc2F)CCO1. The first-order valence-corrected chi connectivity index (χ1v) is 11.0. The zero-order valence-electron chi connectivity index (χ0n) is 16.8. The van der Waals surface area contributed by atoms with Crippen LogP contribution in [0.2, 0.25) is 0 Å². The molecule has 2 aliphatic rings. The molecule has 0 bridgehead atoms. The summed E-state index contributed by atoms with van der Waals surface area (Å²) in [4.78, 5) is 32.7. The highest BCUT2D eigenvalue weighted by atomic mass is 79.9. The van der Waals surface area contributed by atoms with Crippen LogP contribution in [0.15, 0.2) is 36.4 Å². The molecule has 1 atom stereocenters. The maximum Gasteiger partial charge on any atom is 0.414 e. The first-order chi connectivity index (χ1) is 15.4. The summed E-state index contributed by atoms with van der Waals surface area (Å²) in [7, 11) is 0. The number of hydrogen-bond donors (Lipinski definition) is 1. The number of aromatic hydroxyl groups is 1. The van der Waals surface area contributed by atoms with Crippen LogP contribution in [0.5, 0.6) is 5.75 Å². The van der Waals surface area contributed by atoms with Gasteiger partial charge in [0, 0.05) is 30.6 Å². The van der Waals surface area contributed by atoms with Gasteiger partial charge in [0.2, 0.25) is 0 Å². The number of rotatable bonds is 4. The van der Waals surface area contributed by atoms with E-state index in [1.165, 1.54) is 21.9 Å². The van der Waals surface area contributed by atoms with Crippen LogP contribution < -0.4 is 9.80 Å². The van der Waals surface area contributed by atoms with E-state index in [-0.39, 0.29) is 55.5 Å². The highest BCUT2D eigenvalue weighted by molar-refractivity contribution is 9.09. The van der Waals surface area contributed by atoms with E-state index >= 15 is 0 Å². The van der Waals surface area contributed by atoms with Crippen molar-refractivity contribution in [3.8, 4) is 5.75 Å². The van der Waals surface area contributed by atoms with Crippen LogP contribution in [0, 0.1) is 11.6 Å². The van der Waals surface area contributed by atoms with Crippen molar-refractivity contribution in [2.75, 3.05) is 47.9 Å². The van der Waals surface area contributed by atoms with Crippen LogP contribution in [0.25, 0.3) is 0 Å². The van der Waals surface area contributed by atoms with E-state index in [2.05, 4.69) is 15.9 Å². The lowest BCUT2D eigenvalue weighted by molar-refractivity contribution is -0.111. The summed E-state index contributed by atoms with van der Waals surface area (Å²) in [5, 5.41) is 11.4. The average Bonchev–Trinajstić information content (AvgIpc) is 2.99. The van der Waals surface area contributed by atoms with Crippen LogP contribution in [-0.4, -0.2) is 66.4 Å². The predicted octanol–water partition coefficient (Wildman–Crippen LogP) is 3.28. The molecule has 2 saturated heterocycles. The van der Waals surface area contributed by atoms with Crippen molar-refractivity contribution < 1.29 is 33.1 Å². The quantitative estimate of drug-likeness (QED) is 0.634. The fraction of sp³-hybridized carbons (Fsp3) is 0.333. The number of phenolic OH excluding ortho intramolecular Hbond substituents is 1. The van der Waals surface area contributed by atoms with Gasteiger partial charge in [-0.05, 0) is 12.1 Å². The summed E-state index contributed by atoms with van der Waals surface area (Å²) in [6.07, 6.45) is -1.06. The molecule has 170 valence electrons. The Balaban J connectivity index is 1.50. The van der Waals surface area contributed by atoms with Gasteiger partial charge in [0.1, 0.15) is 17.5 Å². The Kier molecular flexibility index (Phi) is 6.47. The third kappa shape index (κ3) is 4.35. The number of halogens is 3. The molecular weight excluding hydrogens is 492 g/mol. The Morgan fingerprint density at radius 2 is 1.88 bits per heavy atom. The first-order valence-electron chi connectivity index (χ1n) is 9.90. The Hall–Kier alpha value is -2.92. The van der Waals surface area contributed by atoms with Gasteiger partial charge in [-0.3, -0.25) is 14.5 Å². The lowest BCUT2D eigenvalue weighted by Crippen LogP contribution is -2.35. The first kappa shape index (κ1) is 22.3. The normalized spacial score (nSPS) is 19.2. The van der Waals surface area contributed by atoms with Gasteiger partial charge in [-0.25, -0.2) is 18.6 Å². The lowest BCUT2D eigenvalue weighted by atomic mass is 10.2. The minimum Gasteiger partial charge on any atom is -0.507 e. The molecule has 1 N–H and O–H groups in total. The zero-order chi connectivity index (χ0) is 22.8. The second-order valence-corrected chi connectivity index (χ2v) is 7.92. The van der Waals surface area contributed by atoms with E-state index in [0.29, 0.717) is 5.33 Å². The highest BCUT2D eigenvalue weighted by Gasteiger charge is 2.33. The van der Waals surface area contributed by atoms with Crippen molar-refractivity contribution in [3.05, 3.63) is 53.6 Å². The molecule has 0 spiro atoms. The Morgan fingerprint density at radius 3 is 2.53 bits per heavy atom. The van der Waals surface area contributed by atoms with Crippen molar-refractivity contribution in [2.24, 2.45) is 0 Å². The molecule has 2 aliphatic heterocycles. The second kappa shape index (κ2) is 9.29. The summed E-state index contributed by atoms with van der Waals surface area (Å²) in [5.41, 5.74) is -0.125. The summed E-state index contributed by atoms with van der Waals surface area (Å²) in [6.45, 7) is 0.451. The topological polar surface area (TPSA) is 82.5 Å². The van der Waals surface area contributed by atoms with E-state index in [4.69, 9.17) is 9.57 Å². The summed E-state index contributed by atoms with van der Waals surface area (Å²) >= 11 is 3.23. The molecule has 2 heterocycles. The van der Waals surface area contributed by atoms with Gasteiger partial charge in [0.05, 0.1) is 30.9 Å². The van der Waals surface area contributed by atoms with E-state index in [0.717, 1.165) is 17.2 Å². The number of ether oxygens (including phenoxy) is 1. The van der Waals surface area contributed by atoms with E-state index in [1.807, 2.05) is 0 Å². The Bertz CT molecular complexity index is 1020. The molecule has 32 heavy (non-hydrogen) atoms. The van der Waals surface area contributed by atoms with Crippen LogP contribution in [-0.2, 0) is 9.57 Å². The number of nitrogens with zero attached hydrogens (tertiary/aromatic N) is 3. The number of alkyl halides is 1. The zero-order valence-corrected chi connectivity index (χ0v) is 18.4. The standard InChI is InChI=1S/C21H20BrF2N3O5/c22-11-14-12-26(21(30)32-14)13-9-16(23)19(17(24)10-13)25-5-6-27(31-8-7-25)20(29)15-3-1-2-4-18(15)28/h1-4,9-10,14,28H,5-8,11-12H2/t14-/m0/s1. The molecule has 11 heteroatoms. The molecule has 0 aliphatic carbocycles. The molecule has 2 aromatic carbocycles. The molecule has 4 rings (SSSR count). The van der Waals surface area contributed by atoms with Crippen molar-refractivity contribution in [1.29, 1.82) is 0 Å². The van der Waals surface area contributed by atoms with E-state index < -0.39 is 29.7 Å². The Morgan fingerprint density at radius 1 is 1.16 bits per heavy atom. The third-order valence-corrected chi connectivity index (χ3v) is 5.94. The van der Waals surface area contributed by atoms with E-state index in [1.54, 1.807) is 12.1 Å². The average molecular weight is 512 g/mol. The number of cyclic esters (lactones) is 1. The van der Waals surface area contributed by atoms with Gasteiger partial charge in [-0.15, -0.1) is 0 Å². The number of hydroxylamine groups is 2. The van der Waals surface area contributed by atoms with Crippen molar-refractivity contribution in [1.82, 2.24) is 5.06 Å². The molecule has 0 radical (unpaired) electrons. The molecule has 2 fully saturated rings. The molecule has 2 amide bonds. The predicted molar refractivity (Wildman–Crippen MR) is 115 cm³/mol. The minimum absolute atomic E-state index is 0.00531. The summed E-state index contributed by atoms with van der Waals surface area (Å²) < 4.78 is 35.0.